The molecule has 2 heterocycles. The first-order chi connectivity index (χ1) is 13.1. The molecule has 1 aliphatic rings. The van der Waals surface area contributed by atoms with Crippen molar-refractivity contribution in [1.29, 1.82) is 0 Å². The van der Waals surface area contributed by atoms with Crippen molar-refractivity contribution in [3.8, 4) is 5.69 Å². The molecule has 1 aromatic heterocycles. The number of carbonyl (C=O) groups excluding carboxylic acids is 1. The first-order valence-corrected chi connectivity index (χ1v) is 9.51. The number of amides is 1. The molecule has 5 heteroatoms. The molecule has 27 heavy (non-hydrogen) atoms. The van der Waals surface area contributed by atoms with Gasteiger partial charge in [0.25, 0.3) is 5.91 Å². The second kappa shape index (κ2) is 7.29. The van der Waals surface area contributed by atoms with Crippen LogP contribution in [0.2, 0.25) is 0 Å². The summed E-state index contributed by atoms with van der Waals surface area (Å²) in [6, 6.07) is 20.1. The number of hydrogen-bond acceptors (Lipinski definition) is 3. The minimum atomic E-state index is -0.121. The van der Waals surface area contributed by atoms with Crippen LogP contribution < -0.4 is 5.32 Å². The molecule has 1 saturated heterocycles. The van der Waals surface area contributed by atoms with Gasteiger partial charge in [0.2, 0.25) is 0 Å². The minimum absolute atomic E-state index is 0.121. The van der Waals surface area contributed by atoms with E-state index in [1.807, 2.05) is 73.8 Å². The fraction of sp³-hybridized carbons (Fsp3) is 0.0909. The standard InChI is InChI=1S/C22H19N3OS/c1-15-10-11-19(16(2)13-15)23-22-24-21(26)20(27-22)14-18-9-6-12-25(18)17-7-4-3-5-8-17/h3-14H,1-2H3,(H,23,24,26)/b20-14-. The van der Waals surface area contributed by atoms with Crippen LogP contribution in [-0.4, -0.2) is 15.6 Å². The van der Waals surface area contributed by atoms with Crippen molar-refractivity contribution in [2.45, 2.75) is 13.8 Å². The highest BCUT2D eigenvalue weighted by molar-refractivity contribution is 8.18. The number of aryl methyl sites for hydroxylation is 2. The monoisotopic (exact) mass is 373 g/mol. The molecule has 2 aromatic carbocycles. The van der Waals surface area contributed by atoms with E-state index in [-0.39, 0.29) is 5.91 Å². The smallest absolute Gasteiger partial charge is 0.264 e. The molecule has 1 aliphatic heterocycles. The first-order valence-electron chi connectivity index (χ1n) is 8.70. The molecule has 0 atom stereocenters. The molecule has 0 saturated carbocycles. The third-order valence-corrected chi connectivity index (χ3v) is 5.23. The van der Waals surface area contributed by atoms with Gasteiger partial charge in [0.15, 0.2) is 5.17 Å². The Hall–Kier alpha value is -3.05. The Balaban J connectivity index is 1.62. The van der Waals surface area contributed by atoms with E-state index in [1.165, 1.54) is 17.3 Å². The molecular formula is C22H19N3OS. The average Bonchev–Trinajstić information content (AvgIpc) is 3.25. The summed E-state index contributed by atoms with van der Waals surface area (Å²) in [4.78, 5) is 17.6. The molecule has 134 valence electrons. The minimum Gasteiger partial charge on any atom is -0.317 e. The number of rotatable bonds is 3. The molecule has 0 bridgehead atoms. The van der Waals surface area contributed by atoms with Gasteiger partial charge in [-0.25, -0.2) is 4.99 Å². The maximum atomic E-state index is 12.4. The number of benzene rings is 2. The van der Waals surface area contributed by atoms with Gasteiger partial charge in [-0.15, -0.1) is 0 Å². The third kappa shape index (κ3) is 3.73. The zero-order valence-electron chi connectivity index (χ0n) is 15.1. The van der Waals surface area contributed by atoms with E-state index >= 15 is 0 Å². The van der Waals surface area contributed by atoms with E-state index in [2.05, 4.69) is 27.9 Å². The number of carbonyl (C=O) groups is 1. The Kier molecular flexibility index (Phi) is 4.69. The lowest BCUT2D eigenvalue weighted by molar-refractivity contribution is -0.115. The maximum absolute atomic E-state index is 12.4. The summed E-state index contributed by atoms with van der Waals surface area (Å²) in [6.45, 7) is 4.08. The topological polar surface area (TPSA) is 46.4 Å². The van der Waals surface area contributed by atoms with Crippen molar-refractivity contribution in [3.05, 3.63) is 88.6 Å². The van der Waals surface area contributed by atoms with Crippen LogP contribution in [0.4, 0.5) is 5.69 Å². The molecule has 0 radical (unpaired) electrons. The highest BCUT2D eigenvalue weighted by Gasteiger charge is 2.24. The Morgan fingerprint density at radius 1 is 1.04 bits per heavy atom. The highest BCUT2D eigenvalue weighted by Crippen LogP contribution is 2.30. The maximum Gasteiger partial charge on any atom is 0.264 e. The van der Waals surface area contributed by atoms with Crippen molar-refractivity contribution in [3.63, 3.8) is 0 Å². The third-order valence-electron chi connectivity index (χ3n) is 4.32. The van der Waals surface area contributed by atoms with Gasteiger partial charge in [0.1, 0.15) is 0 Å². The van der Waals surface area contributed by atoms with E-state index in [1.54, 1.807) is 0 Å². The highest BCUT2D eigenvalue weighted by atomic mass is 32.2. The van der Waals surface area contributed by atoms with Crippen LogP contribution in [-0.2, 0) is 4.79 Å². The average molecular weight is 373 g/mol. The summed E-state index contributed by atoms with van der Waals surface area (Å²) in [6.07, 6.45) is 3.89. The number of nitrogens with one attached hydrogen (secondary N) is 1. The van der Waals surface area contributed by atoms with Gasteiger partial charge in [0.05, 0.1) is 10.6 Å². The number of thioether (sulfide) groups is 1. The lowest BCUT2D eigenvalue weighted by atomic mass is 10.1. The zero-order chi connectivity index (χ0) is 18.8. The van der Waals surface area contributed by atoms with E-state index in [4.69, 9.17) is 0 Å². The van der Waals surface area contributed by atoms with Crippen LogP contribution in [0.3, 0.4) is 0 Å². The van der Waals surface area contributed by atoms with Gasteiger partial charge >= 0.3 is 0 Å². The van der Waals surface area contributed by atoms with Crippen molar-refractivity contribution >= 4 is 34.6 Å². The summed E-state index contributed by atoms with van der Waals surface area (Å²) in [5, 5.41) is 3.47. The molecule has 1 amide bonds. The summed E-state index contributed by atoms with van der Waals surface area (Å²) in [5.41, 5.74) is 5.17. The predicted molar refractivity (Wildman–Crippen MR) is 112 cm³/mol. The van der Waals surface area contributed by atoms with Crippen LogP contribution in [0.25, 0.3) is 11.8 Å². The SMILES string of the molecule is Cc1ccc(N=C2NC(=O)/C(=C/c3cccn3-c3ccccc3)S2)c(C)c1. The van der Waals surface area contributed by atoms with Crippen LogP contribution in [0, 0.1) is 13.8 Å². The quantitative estimate of drug-likeness (QED) is 0.658. The number of hydrogen-bond donors (Lipinski definition) is 1. The van der Waals surface area contributed by atoms with E-state index in [0.717, 1.165) is 22.6 Å². The fourth-order valence-electron chi connectivity index (χ4n) is 2.99. The summed E-state index contributed by atoms with van der Waals surface area (Å²) in [7, 11) is 0. The normalized spacial score (nSPS) is 16.9. The summed E-state index contributed by atoms with van der Waals surface area (Å²) in [5.74, 6) is -0.121. The van der Waals surface area contributed by atoms with E-state index in [9.17, 15) is 4.79 Å². The molecule has 1 N–H and O–H groups in total. The molecule has 4 rings (SSSR count). The number of aromatic nitrogens is 1. The molecule has 4 nitrogen and oxygen atoms in total. The molecule has 0 spiro atoms. The van der Waals surface area contributed by atoms with Gasteiger partial charge < -0.3 is 9.88 Å². The van der Waals surface area contributed by atoms with Gasteiger partial charge in [-0.2, -0.15) is 0 Å². The van der Waals surface area contributed by atoms with Gasteiger partial charge in [-0.3, -0.25) is 4.79 Å². The number of aliphatic imine (C=N–C) groups is 1. The van der Waals surface area contributed by atoms with Gasteiger partial charge in [-0.05, 0) is 67.6 Å². The number of para-hydroxylation sites is 1. The molecule has 1 fully saturated rings. The molecule has 3 aromatic rings. The van der Waals surface area contributed by atoms with Crippen molar-refractivity contribution < 1.29 is 4.79 Å². The van der Waals surface area contributed by atoms with Crippen LogP contribution in [0.1, 0.15) is 16.8 Å². The van der Waals surface area contributed by atoms with Crippen LogP contribution >= 0.6 is 11.8 Å². The zero-order valence-corrected chi connectivity index (χ0v) is 16.0. The predicted octanol–water partition coefficient (Wildman–Crippen LogP) is 4.99. The van der Waals surface area contributed by atoms with E-state index < -0.39 is 0 Å². The van der Waals surface area contributed by atoms with Crippen molar-refractivity contribution in [2.24, 2.45) is 4.99 Å². The molecule has 0 unspecified atom stereocenters. The molecular weight excluding hydrogens is 354 g/mol. The van der Waals surface area contributed by atoms with Crippen LogP contribution in [0.15, 0.2) is 76.8 Å². The van der Waals surface area contributed by atoms with Crippen molar-refractivity contribution in [1.82, 2.24) is 9.88 Å². The van der Waals surface area contributed by atoms with Crippen molar-refractivity contribution in [2.75, 3.05) is 0 Å². The number of nitrogens with zero attached hydrogens (tertiary/aromatic N) is 2. The Labute approximate surface area is 162 Å². The molecule has 0 aliphatic carbocycles. The Morgan fingerprint density at radius 3 is 2.63 bits per heavy atom. The lowest BCUT2D eigenvalue weighted by Gasteiger charge is -2.06. The second-order valence-corrected chi connectivity index (χ2v) is 7.44. The van der Waals surface area contributed by atoms with Gasteiger partial charge in [-0.1, -0.05) is 35.9 Å². The first kappa shape index (κ1) is 17.4. The van der Waals surface area contributed by atoms with Crippen LogP contribution in [0.5, 0.6) is 0 Å². The largest absolute Gasteiger partial charge is 0.317 e. The fourth-order valence-corrected chi connectivity index (χ4v) is 3.81. The summed E-state index contributed by atoms with van der Waals surface area (Å²) < 4.78 is 2.06. The number of amidine groups is 1. The Bertz CT molecular complexity index is 1060. The second-order valence-electron chi connectivity index (χ2n) is 6.41. The lowest BCUT2D eigenvalue weighted by Crippen LogP contribution is -2.19. The Morgan fingerprint density at radius 2 is 1.85 bits per heavy atom. The summed E-state index contributed by atoms with van der Waals surface area (Å²) >= 11 is 1.37. The van der Waals surface area contributed by atoms with E-state index in [0.29, 0.717) is 10.1 Å². The van der Waals surface area contributed by atoms with Gasteiger partial charge in [0, 0.05) is 17.6 Å².